The Kier molecular flexibility index (Phi) is 13.9. The number of hydrogen-bond donors (Lipinski definition) is 1. The van der Waals surface area contributed by atoms with Gasteiger partial charge in [0.05, 0.1) is 12.2 Å². The van der Waals surface area contributed by atoms with Gasteiger partial charge in [-0.15, -0.1) is 0 Å². The van der Waals surface area contributed by atoms with E-state index in [-0.39, 0.29) is 5.97 Å². The van der Waals surface area contributed by atoms with Gasteiger partial charge in [0, 0.05) is 6.92 Å². The largest absolute Gasteiger partial charge is 0.478 e. The lowest BCUT2D eigenvalue weighted by atomic mass is 10.1. The Labute approximate surface area is 133 Å². The molecule has 0 aromatic heterocycles. The molecule has 20 heavy (non-hydrogen) atoms. The van der Waals surface area contributed by atoms with E-state index in [1.165, 1.54) is 6.92 Å². The van der Waals surface area contributed by atoms with Crippen LogP contribution >= 0.6 is 34.8 Å². The molecule has 0 saturated carbocycles. The molecule has 0 amide bonds. The van der Waals surface area contributed by atoms with Crippen LogP contribution in [0.25, 0.3) is 0 Å². The molecule has 0 fully saturated rings. The maximum atomic E-state index is 10.4. The number of carbonyl (C=O) groups is 2. The monoisotopic (exact) mass is 342 g/mol. The second-order valence-electron chi connectivity index (χ2n) is 3.29. The third-order valence-electron chi connectivity index (χ3n) is 1.72. The number of carbonyl (C=O) groups excluding carboxylic acids is 1. The summed E-state index contributed by atoms with van der Waals surface area (Å²) in [7, 11) is 0. The van der Waals surface area contributed by atoms with Crippen LogP contribution in [0.15, 0.2) is 24.3 Å². The fourth-order valence-electron chi connectivity index (χ4n) is 1.02. The van der Waals surface area contributed by atoms with E-state index in [1.807, 2.05) is 6.07 Å². The summed E-state index contributed by atoms with van der Waals surface area (Å²) >= 11 is 14.4. The van der Waals surface area contributed by atoms with E-state index in [9.17, 15) is 9.59 Å². The summed E-state index contributed by atoms with van der Waals surface area (Å²) < 4.78 is 3.65. The van der Waals surface area contributed by atoms with Crippen LogP contribution in [-0.2, 0) is 9.53 Å². The lowest BCUT2D eigenvalue weighted by Gasteiger charge is -1.96. The highest BCUT2D eigenvalue weighted by atomic mass is 35.6. The molecular formula is C13H17Cl3O4. The van der Waals surface area contributed by atoms with Gasteiger partial charge in [0.25, 0.3) is 0 Å². The van der Waals surface area contributed by atoms with Crippen LogP contribution in [-0.4, -0.2) is 27.9 Å². The smallest absolute Gasteiger partial charge is 0.335 e. The molecule has 1 N–H and O–H groups in total. The number of aryl methyl sites for hydroxylation is 1. The van der Waals surface area contributed by atoms with Crippen LogP contribution < -0.4 is 0 Å². The van der Waals surface area contributed by atoms with Crippen molar-refractivity contribution in [2.75, 3.05) is 6.61 Å². The van der Waals surface area contributed by atoms with Gasteiger partial charge in [0.2, 0.25) is 0 Å². The molecule has 0 heterocycles. The number of alkyl halides is 3. The normalized spacial score (nSPS) is 8.75. The first-order chi connectivity index (χ1) is 9.22. The van der Waals surface area contributed by atoms with E-state index >= 15 is 0 Å². The second kappa shape index (κ2) is 13.0. The molecule has 0 unspecified atom stereocenters. The molecule has 0 bridgehead atoms. The van der Waals surface area contributed by atoms with E-state index in [1.54, 1.807) is 32.0 Å². The minimum atomic E-state index is -0.863. The first-order valence-corrected chi connectivity index (χ1v) is 6.87. The molecule has 1 aromatic rings. The van der Waals surface area contributed by atoms with E-state index in [0.29, 0.717) is 12.2 Å². The molecule has 4 nitrogen and oxygen atoms in total. The Bertz CT molecular complexity index is 406. The van der Waals surface area contributed by atoms with Gasteiger partial charge in [-0.05, 0) is 25.5 Å². The summed E-state index contributed by atoms with van der Waals surface area (Å²) in [5, 5.41) is 8.57. The van der Waals surface area contributed by atoms with Crippen molar-refractivity contribution >= 4 is 46.7 Å². The maximum absolute atomic E-state index is 10.4. The number of ether oxygens (including phenoxy) is 1. The molecule has 0 atom stereocenters. The third-order valence-corrected chi connectivity index (χ3v) is 1.72. The van der Waals surface area contributed by atoms with Crippen molar-refractivity contribution in [2.45, 2.75) is 25.1 Å². The van der Waals surface area contributed by atoms with Crippen LogP contribution in [0.3, 0.4) is 0 Å². The van der Waals surface area contributed by atoms with E-state index in [2.05, 4.69) is 4.74 Å². The van der Waals surface area contributed by atoms with Gasteiger partial charge in [-0.25, -0.2) is 4.79 Å². The molecule has 0 aliphatic heterocycles. The number of rotatable bonds is 2. The standard InChI is InChI=1S/C8H8O2.C4H8O2.CHCl3/c1-6-4-2-3-5-7(6)8(9)10;1-3-6-4(2)5;2-1(3)4/h2-5H,1H3,(H,9,10);3H2,1-2H3;1H. The number of aromatic carboxylic acids is 1. The van der Waals surface area contributed by atoms with Crippen LogP contribution in [0.4, 0.5) is 0 Å². The highest BCUT2D eigenvalue weighted by Gasteiger charge is 2.02. The summed E-state index contributed by atoms with van der Waals surface area (Å²) in [5.41, 5.74) is 1.18. The number of esters is 1. The molecule has 0 saturated heterocycles. The molecule has 1 rings (SSSR count). The summed E-state index contributed by atoms with van der Waals surface area (Å²) in [6.45, 7) is 5.43. The average molecular weight is 344 g/mol. The fourth-order valence-corrected chi connectivity index (χ4v) is 1.02. The van der Waals surface area contributed by atoms with E-state index in [4.69, 9.17) is 39.9 Å². The van der Waals surface area contributed by atoms with Crippen LogP contribution in [0.2, 0.25) is 0 Å². The first kappa shape index (κ1) is 21.3. The molecular weight excluding hydrogens is 326 g/mol. The van der Waals surface area contributed by atoms with E-state index < -0.39 is 10.3 Å². The van der Waals surface area contributed by atoms with Crippen molar-refractivity contribution in [1.29, 1.82) is 0 Å². The van der Waals surface area contributed by atoms with Gasteiger partial charge in [-0.2, -0.15) is 0 Å². The Balaban J connectivity index is 0. The third kappa shape index (κ3) is 15.1. The van der Waals surface area contributed by atoms with Gasteiger partial charge >= 0.3 is 11.9 Å². The quantitative estimate of drug-likeness (QED) is 0.644. The van der Waals surface area contributed by atoms with Crippen LogP contribution in [0.5, 0.6) is 0 Å². The fraction of sp³-hybridized carbons (Fsp3) is 0.385. The topological polar surface area (TPSA) is 63.6 Å². The van der Waals surface area contributed by atoms with Crippen LogP contribution in [0, 0.1) is 6.92 Å². The molecule has 0 spiro atoms. The van der Waals surface area contributed by atoms with Crippen molar-refractivity contribution in [3.63, 3.8) is 0 Å². The highest BCUT2D eigenvalue weighted by molar-refractivity contribution is 6.63. The van der Waals surface area contributed by atoms with E-state index in [0.717, 1.165) is 5.56 Å². The molecule has 114 valence electrons. The SMILES string of the molecule is CCOC(C)=O.Cc1ccccc1C(=O)O.ClC(Cl)Cl. The molecule has 0 aliphatic carbocycles. The molecule has 0 aliphatic rings. The Morgan fingerprint density at radius 1 is 1.25 bits per heavy atom. The van der Waals surface area contributed by atoms with Crippen molar-refractivity contribution in [3.8, 4) is 0 Å². The maximum Gasteiger partial charge on any atom is 0.335 e. The van der Waals surface area contributed by atoms with Gasteiger partial charge in [0.1, 0.15) is 0 Å². The predicted molar refractivity (Wildman–Crippen MR) is 81.8 cm³/mol. The van der Waals surface area contributed by atoms with Gasteiger partial charge in [-0.1, -0.05) is 53.0 Å². The lowest BCUT2D eigenvalue weighted by Crippen LogP contribution is -1.97. The molecule has 7 heteroatoms. The van der Waals surface area contributed by atoms with Crippen molar-refractivity contribution in [2.24, 2.45) is 0 Å². The minimum Gasteiger partial charge on any atom is -0.478 e. The number of carboxylic acids is 1. The highest BCUT2D eigenvalue weighted by Crippen LogP contribution is 2.05. The number of halogens is 3. The summed E-state index contributed by atoms with van der Waals surface area (Å²) in [6.07, 6.45) is 0. The zero-order valence-electron chi connectivity index (χ0n) is 11.4. The first-order valence-electron chi connectivity index (χ1n) is 5.56. The minimum absolute atomic E-state index is 0.211. The summed E-state index contributed by atoms with van der Waals surface area (Å²) in [6, 6.07) is 6.92. The number of hydrogen-bond acceptors (Lipinski definition) is 3. The Morgan fingerprint density at radius 2 is 1.70 bits per heavy atom. The lowest BCUT2D eigenvalue weighted by molar-refractivity contribution is -0.140. The van der Waals surface area contributed by atoms with Crippen molar-refractivity contribution in [1.82, 2.24) is 0 Å². The van der Waals surface area contributed by atoms with Crippen molar-refractivity contribution in [3.05, 3.63) is 35.4 Å². The Morgan fingerprint density at radius 3 is 1.90 bits per heavy atom. The average Bonchev–Trinajstić information content (AvgIpc) is 2.28. The zero-order valence-corrected chi connectivity index (χ0v) is 13.7. The second-order valence-corrected chi connectivity index (χ2v) is 5.27. The Hall–Kier alpha value is -0.970. The van der Waals surface area contributed by atoms with Crippen molar-refractivity contribution < 1.29 is 19.4 Å². The molecule has 0 radical (unpaired) electrons. The van der Waals surface area contributed by atoms with Gasteiger partial charge < -0.3 is 9.84 Å². The van der Waals surface area contributed by atoms with Gasteiger partial charge in [0.15, 0.2) is 4.30 Å². The number of benzene rings is 1. The molecule has 1 aromatic carbocycles. The predicted octanol–water partition coefficient (Wildman–Crippen LogP) is 4.25. The summed E-state index contributed by atoms with van der Waals surface area (Å²) in [4.78, 5) is 20.2. The summed E-state index contributed by atoms with van der Waals surface area (Å²) in [5.74, 6) is -1.07. The zero-order chi connectivity index (χ0) is 16.1. The van der Waals surface area contributed by atoms with Gasteiger partial charge in [-0.3, -0.25) is 4.79 Å². The van der Waals surface area contributed by atoms with Crippen LogP contribution in [0.1, 0.15) is 29.8 Å². The number of carboxylic acid groups (broad SMARTS) is 1.